The van der Waals surface area contributed by atoms with Crippen molar-refractivity contribution < 1.29 is 14.3 Å². The summed E-state index contributed by atoms with van der Waals surface area (Å²) in [5.41, 5.74) is 7.81. The number of nitriles is 1. The van der Waals surface area contributed by atoms with Crippen molar-refractivity contribution in [3.8, 4) is 6.07 Å². The summed E-state index contributed by atoms with van der Waals surface area (Å²) >= 11 is 7.55. The summed E-state index contributed by atoms with van der Waals surface area (Å²) in [5.74, 6) is -1.81. The fourth-order valence-electron chi connectivity index (χ4n) is 3.26. The second-order valence-electron chi connectivity index (χ2n) is 6.79. The number of benzene rings is 2. The monoisotopic (exact) mass is 453 g/mol. The minimum atomic E-state index is -0.737. The molecule has 0 radical (unpaired) electrons. The van der Waals surface area contributed by atoms with Crippen LogP contribution in [0.15, 0.2) is 76.5 Å². The van der Waals surface area contributed by atoms with Gasteiger partial charge in [-0.2, -0.15) is 5.26 Å². The van der Waals surface area contributed by atoms with Gasteiger partial charge in [0.05, 0.1) is 33.9 Å². The summed E-state index contributed by atoms with van der Waals surface area (Å²) in [6.07, 6.45) is 0. The number of hydrogen-bond acceptors (Lipinski definition) is 6. The van der Waals surface area contributed by atoms with Crippen molar-refractivity contribution in [2.24, 2.45) is 5.73 Å². The molecule has 2 aromatic carbocycles. The van der Waals surface area contributed by atoms with Gasteiger partial charge in [0.2, 0.25) is 5.91 Å². The van der Waals surface area contributed by atoms with E-state index in [0.717, 1.165) is 17.3 Å². The van der Waals surface area contributed by atoms with Crippen molar-refractivity contribution in [2.75, 3.05) is 5.75 Å². The molecule has 8 heteroatoms. The number of esters is 1. The fraction of sp³-hybridized carbons (Fsp3) is 0.174. The van der Waals surface area contributed by atoms with Gasteiger partial charge in [-0.1, -0.05) is 71.9 Å². The largest absolute Gasteiger partial charge is 0.457 e. The molecule has 0 saturated carbocycles. The molecule has 1 atom stereocenters. The molecule has 158 valence electrons. The Morgan fingerprint density at radius 1 is 1.19 bits per heavy atom. The van der Waals surface area contributed by atoms with Crippen molar-refractivity contribution in [3.05, 3.63) is 92.6 Å². The van der Waals surface area contributed by atoms with Crippen LogP contribution in [0.2, 0.25) is 5.02 Å². The molecule has 0 aliphatic carbocycles. The van der Waals surface area contributed by atoms with E-state index in [4.69, 9.17) is 22.1 Å². The van der Waals surface area contributed by atoms with Gasteiger partial charge in [0.15, 0.2) is 0 Å². The molecule has 0 bridgehead atoms. The number of nitrogens with one attached hydrogen (secondary N) is 1. The van der Waals surface area contributed by atoms with Gasteiger partial charge in [0.25, 0.3) is 0 Å². The lowest BCUT2D eigenvalue weighted by Gasteiger charge is -2.29. The summed E-state index contributed by atoms with van der Waals surface area (Å²) in [6, 6.07) is 18.5. The van der Waals surface area contributed by atoms with Crippen LogP contribution in [0.4, 0.5) is 0 Å². The molecule has 0 spiro atoms. The Labute approximate surface area is 189 Å². The molecule has 1 heterocycles. The minimum Gasteiger partial charge on any atom is -0.457 e. The van der Waals surface area contributed by atoms with Gasteiger partial charge in [-0.05, 0) is 24.1 Å². The summed E-state index contributed by atoms with van der Waals surface area (Å²) in [6.45, 7) is 1.82. The van der Waals surface area contributed by atoms with Gasteiger partial charge in [-0.25, -0.2) is 4.79 Å². The van der Waals surface area contributed by atoms with Crippen molar-refractivity contribution >= 4 is 35.2 Å². The fourth-order valence-corrected chi connectivity index (χ4v) is 4.34. The number of nitrogens with zero attached hydrogens (tertiary/aromatic N) is 1. The highest BCUT2D eigenvalue weighted by molar-refractivity contribution is 8.03. The Morgan fingerprint density at radius 3 is 2.52 bits per heavy atom. The number of nitrogens with two attached hydrogens (primary N) is 1. The number of carbonyl (C=O) groups is 2. The lowest BCUT2D eigenvalue weighted by Crippen LogP contribution is -2.29. The molecule has 0 saturated heterocycles. The molecular formula is C23H20ClN3O3S. The number of amides is 1. The highest BCUT2D eigenvalue weighted by Crippen LogP contribution is 2.43. The van der Waals surface area contributed by atoms with Gasteiger partial charge in [0.1, 0.15) is 6.61 Å². The second-order valence-corrected chi connectivity index (χ2v) is 8.18. The van der Waals surface area contributed by atoms with Crippen molar-refractivity contribution in [3.63, 3.8) is 0 Å². The van der Waals surface area contributed by atoms with Crippen LogP contribution in [0.3, 0.4) is 0 Å². The molecule has 0 fully saturated rings. The predicted octanol–water partition coefficient (Wildman–Crippen LogP) is 4.00. The third kappa shape index (κ3) is 5.29. The zero-order valence-corrected chi connectivity index (χ0v) is 18.3. The van der Waals surface area contributed by atoms with Crippen LogP contribution in [0.25, 0.3) is 0 Å². The molecule has 1 aliphatic heterocycles. The third-order valence-corrected chi connectivity index (χ3v) is 6.04. The van der Waals surface area contributed by atoms with E-state index in [1.54, 1.807) is 31.2 Å². The maximum atomic E-state index is 13.1. The summed E-state index contributed by atoms with van der Waals surface area (Å²) in [7, 11) is 0. The van der Waals surface area contributed by atoms with Crippen LogP contribution in [-0.4, -0.2) is 17.6 Å². The van der Waals surface area contributed by atoms with E-state index in [-0.39, 0.29) is 17.9 Å². The van der Waals surface area contributed by atoms with Crippen LogP contribution in [0.5, 0.6) is 0 Å². The molecule has 2 aromatic rings. The number of carbonyl (C=O) groups excluding carboxylic acids is 2. The molecule has 0 unspecified atom stereocenters. The number of halogens is 1. The molecule has 1 amide bonds. The number of primary amides is 1. The van der Waals surface area contributed by atoms with Gasteiger partial charge >= 0.3 is 5.97 Å². The first kappa shape index (κ1) is 22.5. The summed E-state index contributed by atoms with van der Waals surface area (Å²) in [5, 5.41) is 13.9. The van der Waals surface area contributed by atoms with Crippen molar-refractivity contribution in [1.29, 1.82) is 5.26 Å². The maximum absolute atomic E-state index is 13.1. The van der Waals surface area contributed by atoms with E-state index in [1.165, 1.54) is 0 Å². The van der Waals surface area contributed by atoms with E-state index in [9.17, 15) is 14.9 Å². The standard InChI is InChI=1S/C23H20ClN3O3S/c1-14-20(23(29)30-12-15-7-3-2-4-8-15)21(16-9-5-6-10-18(16)24)17(11-25)22(27-14)31-13-19(26)28/h2-10,21,27H,12-13H2,1H3,(H2,26,28)/t21-/m0/s1. The van der Waals surface area contributed by atoms with Crippen molar-refractivity contribution in [1.82, 2.24) is 5.32 Å². The van der Waals surface area contributed by atoms with Crippen LogP contribution < -0.4 is 11.1 Å². The number of thioether (sulfide) groups is 1. The Kier molecular flexibility index (Phi) is 7.40. The Hall–Kier alpha value is -3.21. The zero-order valence-electron chi connectivity index (χ0n) is 16.7. The number of allylic oxidation sites excluding steroid dienone is 2. The zero-order chi connectivity index (χ0) is 22.4. The highest BCUT2D eigenvalue weighted by Gasteiger charge is 2.36. The van der Waals surface area contributed by atoms with E-state index in [0.29, 0.717) is 26.9 Å². The van der Waals surface area contributed by atoms with E-state index >= 15 is 0 Å². The number of dihydropyridines is 1. The Balaban J connectivity index is 2.01. The van der Waals surface area contributed by atoms with E-state index in [1.807, 2.05) is 30.3 Å². The molecular weight excluding hydrogens is 434 g/mol. The lowest BCUT2D eigenvalue weighted by atomic mass is 9.82. The van der Waals surface area contributed by atoms with E-state index < -0.39 is 17.8 Å². The smallest absolute Gasteiger partial charge is 0.337 e. The number of rotatable bonds is 7. The minimum absolute atomic E-state index is 0.0101. The van der Waals surface area contributed by atoms with Gasteiger partial charge < -0.3 is 15.8 Å². The number of hydrogen-bond donors (Lipinski definition) is 2. The average molecular weight is 454 g/mol. The van der Waals surface area contributed by atoms with Crippen molar-refractivity contribution in [2.45, 2.75) is 19.4 Å². The Bertz CT molecular complexity index is 1110. The molecule has 1 aliphatic rings. The molecule has 3 N–H and O–H groups in total. The molecule has 31 heavy (non-hydrogen) atoms. The van der Waals surface area contributed by atoms with Gasteiger partial charge in [-0.3, -0.25) is 4.79 Å². The maximum Gasteiger partial charge on any atom is 0.337 e. The SMILES string of the molecule is CC1=C(C(=O)OCc2ccccc2)[C@@H](c2ccccc2Cl)C(C#N)=C(SCC(N)=O)N1. The first-order valence-corrected chi connectivity index (χ1v) is 10.8. The normalized spacial score (nSPS) is 15.8. The highest BCUT2D eigenvalue weighted by atomic mass is 35.5. The first-order valence-electron chi connectivity index (χ1n) is 9.41. The third-order valence-electron chi connectivity index (χ3n) is 4.66. The average Bonchev–Trinajstić information content (AvgIpc) is 2.76. The van der Waals surface area contributed by atoms with Gasteiger partial charge in [0, 0.05) is 10.7 Å². The second kappa shape index (κ2) is 10.2. The first-order chi connectivity index (χ1) is 14.9. The molecule has 6 nitrogen and oxygen atoms in total. The quantitative estimate of drug-likeness (QED) is 0.614. The van der Waals surface area contributed by atoms with Crippen LogP contribution in [0, 0.1) is 11.3 Å². The van der Waals surface area contributed by atoms with Crippen LogP contribution >= 0.6 is 23.4 Å². The van der Waals surface area contributed by atoms with E-state index in [2.05, 4.69) is 11.4 Å². The summed E-state index contributed by atoms with van der Waals surface area (Å²) in [4.78, 5) is 24.4. The van der Waals surface area contributed by atoms with Crippen LogP contribution in [-0.2, 0) is 20.9 Å². The molecule has 0 aromatic heterocycles. The topological polar surface area (TPSA) is 105 Å². The predicted molar refractivity (Wildman–Crippen MR) is 121 cm³/mol. The van der Waals surface area contributed by atoms with Gasteiger partial charge in [-0.15, -0.1) is 0 Å². The Morgan fingerprint density at radius 2 is 1.87 bits per heavy atom. The summed E-state index contributed by atoms with van der Waals surface area (Å²) < 4.78 is 5.56. The lowest BCUT2D eigenvalue weighted by molar-refractivity contribution is -0.140. The molecule has 3 rings (SSSR count). The number of ether oxygens (including phenoxy) is 1. The van der Waals surface area contributed by atoms with Crippen LogP contribution in [0.1, 0.15) is 24.0 Å².